The first kappa shape index (κ1) is 28.8. The number of sulfone groups is 1. The van der Waals surface area contributed by atoms with Crippen molar-refractivity contribution in [3.8, 4) is 0 Å². The summed E-state index contributed by atoms with van der Waals surface area (Å²) in [5.74, 6) is -2.80. The maximum absolute atomic E-state index is 13.2. The highest BCUT2D eigenvalue weighted by atomic mass is 35.5. The summed E-state index contributed by atoms with van der Waals surface area (Å²) in [5, 5.41) is -0.0702. The molecule has 0 heterocycles. The molecule has 2 aromatic carbocycles. The molecule has 0 aliphatic heterocycles. The third-order valence-corrected chi connectivity index (χ3v) is 8.36. The first-order valence-corrected chi connectivity index (χ1v) is 13.3. The summed E-state index contributed by atoms with van der Waals surface area (Å²) in [4.78, 5) is 39.3. The number of amides is 1. The Labute approximate surface area is 216 Å². The highest BCUT2D eigenvalue weighted by molar-refractivity contribution is 7.92. The van der Waals surface area contributed by atoms with Gasteiger partial charge in [-0.25, -0.2) is 13.2 Å². The molecule has 0 bridgehead atoms. The molecular formula is C25H29Cl2NO6S. The molecule has 7 nitrogen and oxygen atoms in total. The smallest absolute Gasteiger partial charge is 0.375 e. The van der Waals surface area contributed by atoms with E-state index in [1.54, 1.807) is 58.9 Å². The van der Waals surface area contributed by atoms with Crippen LogP contribution in [0.15, 0.2) is 47.4 Å². The molecule has 1 amide bonds. The van der Waals surface area contributed by atoms with Gasteiger partial charge in [0, 0.05) is 5.69 Å². The lowest BCUT2D eigenvalue weighted by atomic mass is 10.1. The van der Waals surface area contributed by atoms with Gasteiger partial charge in [-0.1, -0.05) is 42.3 Å². The van der Waals surface area contributed by atoms with Gasteiger partial charge in [-0.2, -0.15) is 0 Å². The van der Waals surface area contributed by atoms with Gasteiger partial charge in [-0.05, 0) is 70.0 Å². The Morgan fingerprint density at radius 2 is 1.69 bits per heavy atom. The minimum Gasteiger partial charge on any atom is -0.454 e. The topological polar surface area (TPSA) is 97.8 Å². The monoisotopic (exact) mass is 541 g/mol. The Hall–Kier alpha value is -2.42. The van der Waals surface area contributed by atoms with E-state index in [1.807, 2.05) is 0 Å². The second-order valence-electron chi connectivity index (χ2n) is 8.92. The van der Waals surface area contributed by atoms with Crippen LogP contribution in [0.4, 0.5) is 5.69 Å². The molecule has 0 spiro atoms. The number of ether oxygens (including phenoxy) is 1. The summed E-state index contributed by atoms with van der Waals surface area (Å²) in [5.41, 5.74) is -0.0143. The number of carbonyl (C=O) groups excluding carboxylic acids is 3. The molecule has 0 aliphatic carbocycles. The highest BCUT2D eigenvalue weighted by Crippen LogP contribution is 2.27. The molecule has 0 aromatic heterocycles. The SMILES string of the molecule is CCC(C)(C)OC(=O)C(=O)CC(=O)N(Cc1ccc(Cl)c(Cl)c1)c1cccc(S(=O)(=O)C(C)C)c1. The first-order valence-electron chi connectivity index (χ1n) is 11.0. The average Bonchev–Trinajstić information content (AvgIpc) is 2.79. The maximum Gasteiger partial charge on any atom is 0.375 e. The number of benzene rings is 2. The van der Waals surface area contributed by atoms with Gasteiger partial charge >= 0.3 is 5.97 Å². The van der Waals surface area contributed by atoms with Gasteiger partial charge in [-0.15, -0.1) is 0 Å². The highest BCUT2D eigenvalue weighted by Gasteiger charge is 2.29. The second-order valence-corrected chi connectivity index (χ2v) is 12.2. The van der Waals surface area contributed by atoms with Crippen LogP contribution in [0.2, 0.25) is 10.0 Å². The average molecular weight is 542 g/mol. The number of anilines is 1. The molecule has 2 rings (SSSR count). The van der Waals surface area contributed by atoms with Crippen LogP contribution in [0, 0.1) is 0 Å². The molecule has 2 aromatic rings. The number of hydrogen-bond acceptors (Lipinski definition) is 6. The van der Waals surface area contributed by atoms with Crippen molar-refractivity contribution in [2.45, 2.75) is 69.8 Å². The van der Waals surface area contributed by atoms with Gasteiger partial charge in [0.15, 0.2) is 9.84 Å². The summed E-state index contributed by atoms with van der Waals surface area (Å²) in [7, 11) is -3.62. The van der Waals surface area contributed by atoms with Crippen LogP contribution in [-0.4, -0.2) is 36.9 Å². The molecule has 0 unspecified atom stereocenters. The largest absolute Gasteiger partial charge is 0.454 e. The molecule has 0 radical (unpaired) electrons. The number of ketones is 1. The fourth-order valence-electron chi connectivity index (χ4n) is 2.93. The summed E-state index contributed by atoms with van der Waals surface area (Å²) >= 11 is 12.1. The third kappa shape index (κ3) is 7.53. The predicted octanol–water partition coefficient (Wildman–Crippen LogP) is 5.40. The van der Waals surface area contributed by atoms with E-state index in [4.69, 9.17) is 27.9 Å². The van der Waals surface area contributed by atoms with Gasteiger partial charge in [0.1, 0.15) is 5.60 Å². The van der Waals surface area contributed by atoms with Crippen LogP contribution < -0.4 is 4.90 Å². The van der Waals surface area contributed by atoms with Crippen molar-refractivity contribution in [3.63, 3.8) is 0 Å². The Morgan fingerprint density at radius 3 is 2.26 bits per heavy atom. The minimum absolute atomic E-state index is 0.0346. The van der Waals surface area contributed by atoms with E-state index < -0.39 is 44.8 Å². The maximum atomic E-state index is 13.2. The zero-order valence-corrected chi connectivity index (χ0v) is 22.6. The van der Waals surface area contributed by atoms with Crippen LogP contribution in [-0.2, 0) is 35.5 Å². The van der Waals surface area contributed by atoms with Crippen molar-refractivity contribution in [2.75, 3.05) is 4.90 Å². The molecule has 190 valence electrons. The molecule has 0 aliphatic rings. The van der Waals surface area contributed by atoms with Crippen molar-refractivity contribution in [2.24, 2.45) is 0 Å². The van der Waals surface area contributed by atoms with Gasteiger partial charge < -0.3 is 9.64 Å². The Bertz CT molecular complexity index is 1220. The Balaban J connectivity index is 2.43. The molecule has 0 atom stereocenters. The lowest BCUT2D eigenvalue weighted by Crippen LogP contribution is -2.36. The quantitative estimate of drug-likeness (QED) is 0.227. The van der Waals surface area contributed by atoms with E-state index in [0.717, 1.165) is 0 Å². The molecule has 0 saturated heterocycles. The van der Waals surface area contributed by atoms with E-state index in [1.165, 1.54) is 23.1 Å². The van der Waals surface area contributed by atoms with Gasteiger partial charge in [0.25, 0.3) is 0 Å². The number of esters is 1. The van der Waals surface area contributed by atoms with Crippen LogP contribution in [0.5, 0.6) is 0 Å². The molecular weight excluding hydrogens is 513 g/mol. The lowest BCUT2D eigenvalue weighted by Gasteiger charge is -2.25. The molecule has 0 N–H and O–H groups in total. The number of halogens is 2. The number of carbonyl (C=O) groups is 3. The van der Waals surface area contributed by atoms with Gasteiger partial charge in [0.2, 0.25) is 11.7 Å². The van der Waals surface area contributed by atoms with Crippen LogP contribution in [0.3, 0.4) is 0 Å². The molecule has 35 heavy (non-hydrogen) atoms. The third-order valence-electron chi connectivity index (χ3n) is 5.46. The summed E-state index contributed by atoms with van der Waals surface area (Å²) < 4.78 is 30.6. The minimum atomic E-state index is -3.62. The van der Waals surface area contributed by atoms with E-state index in [2.05, 4.69) is 0 Å². The van der Waals surface area contributed by atoms with Crippen LogP contribution in [0.25, 0.3) is 0 Å². The zero-order valence-electron chi connectivity index (χ0n) is 20.3. The van der Waals surface area contributed by atoms with E-state index in [-0.39, 0.29) is 22.2 Å². The van der Waals surface area contributed by atoms with Crippen LogP contribution in [0.1, 0.15) is 53.0 Å². The van der Waals surface area contributed by atoms with Gasteiger partial charge in [0.05, 0.1) is 33.2 Å². The molecule has 0 fully saturated rings. The number of Topliss-reactive ketones (excluding diaryl/α,β-unsaturated/α-hetero) is 1. The van der Waals surface area contributed by atoms with Gasteiger partial charge in [-0.3, -0.25) is 9.59 Å². The Kier molecular flexibility index (Phi) is 9.50. The van der Waals surface area contributed by atoms with E-state index in [9.17, 15) is 22.8 Å². The predicted molar refractivity (Wildman–Crippen MR) is 137 cm³/mol. The number of rotatable bonds is 10. The van der Waals surface area contributed by atoms with E-state index in [0.29, 0.717) is 17.0 Å². The van der Waals surface area contributed by atoms with Crippen molar-refractivity contribution < 1.29 is 27.5 Å². The standard InChI is InChI=1S/C25H29Cl2NO6S/c1-6-25(4,5)34-24(31)22(29)14-23(30)28(15-17-10-11-20(26)21(27)12-17)18-8-7-9-19(13-18)35(32,33)16(2)3/h7-13,16H,6,14-15H2,1-5H3. The summed E-state index contributed by atoms with van der Waals surface area (Å²) in [6, 6.07) is 10.7. The van der Waals surface area contributed by atoms with Crippen molar-refractivity contribution in [1.82, 2.24) is 0 Å². The van der Waals surface area contributed by atoms with Crippen molar-refractivity contribution >= 4 is 56.4 Å². The van der Waals surface area contributed by atoms with Crippen molar-refractivity contribution in [3.05, 3.63) is 58.1 Å². The molecule has 10 heteroatoms. The number of nitrogens with zero attached hydrogens (tertiary/aromatic N) is 1. The number of hydrogen-bond donors (Lipinski definition) is 0. The molecule has 0 saturated carbocycles. The van der Waals surface area contributed by atoms with Crippen LogP contribution >= 0.6 is 23.2 Å². The van der Waals surface area contributed by atoms with E-state index >= 15 is 0 Å². The Morgan fingerprint density at radius 1 is 1.03 bits per heavy atom. The fourth-order valence-corrected chi connectivity index (χ4v) is 4.35. The first-order chi connectivity index (χ1) is 16.2. The fraction of sp³-hybridized carbons (Fsp3) is 0.400. The lowest BCUT2D eigenvalue weighted by molar-refractivity contribution is -0.164. The normalized spacial score (nSPS) is 11.9. The zero-order chi connectivity index (χ0) is 26.6. The van der Waals surface area contributed by atoms with Crippen molar-refractivity contribution in [1.29, 1.82) is 0 Å². The second kappa shape index (κ2) is 11.5. The summed E-state index contributed by atoms with van der Waals surface area (Å²) in [6.07, 6.45) is -0.262. The summed E-state index contributed by atoms with van der Waals surface area (Å²) in [6.45, 7) is 8.21.